The van der Waals surface area contributed by atoms with Crippen molar-refractivity contribution in [1.82, 2.24) is 0 Å². The second kappa shape index (κ2) is 3.82. The van der Waals surface area contributed by atoms with Gasteiger partial charge in [-0.1, -0.05) is 37.3 Å². The monoisotopic (exact) mass is 211 g/mol. The molecule has 1 aliphatic rings. The lowest BCUT2D eigenvalue weighted by Gasteiger charge is -2.06. The van der Waals surface area contributed by atoms with Crippen LogP contribution in [-0.4, -0.2) is 6.54 Å². The summed E-state index contributed by atoms with van der Waals surface area (Å²) in [4.78, 5) is 0. The predicted octanol–water partition coefficient (Wildman–Crippen LogP) is 3.91. The van der Waals surface area contributed by atoms with E-state index in [0.717, 1.165) is 18.4 Å². The molecule has 0 aliphatic heterocycles. The zero-order valence-corrected chi connectivity index (χ0v) is 9.61. The van der Waals surface area contributed by atoms with Crippen molar-refractivity contribution in [3.8, 4) is 0 Å². The molecule has 0 aromatic heterocycles. The molecule has 2 aromatic rings. The minimum Gasteiger partial charge on any atom is -0.385 e. The van der Waals surface area contributed by atoms with Crippen LogP contribution in [0.5, 0.6) is 0 Å². The lowest BCUT2D eigenvalue weighted by atomic mass is 10.1. The SMILES string of the molecule is CC1CC1CNc1ccc2ccccc2c1. The average molecular weight is 211 g/mol. The van der Waals surface area contributed by atoms with Crippen LogP contribution in [0, 0.1) is 11.8 Å². The van der Waals surface area contributed by atoms with E-state index in [4.69, 9.17) is 0 Å². The summed E-state index contributed by atoms with van der Waals surface area (Å²) in [7, 11) is 0. The molecule has 0 saturated heterocycles. The molecule has 2 aromatic carbocycles. The Labute approximate surface area is 96.5 Å². The van der Waals surface area contributed by atoms with Gasteiger partial charge in [0.15, 0.2) is 0 Å². The van der Waals surface area contributed by atoms with Crippen LogP contribution in [0.1, 0.15) is 13.3 Å². The fraction of sp³-hybridized carbons (Fsp3) is 0.333. The minimum atomic E-state index is 0.895. The molecule has 0 heterocycles. The van der Waals surface area contributed by atoms with Gasteiger partial charge in [-0.2, -0.15) is 0 Å². The van der Waals surface area contributed by atoms with E-state index in [2.05, 4.69) is 54.7 Å². The fourth-order valence-electron chi connectivity index (χ4n) is 2.23. The van der Waals surface area contributed by atoms with Gasteiger partial charge < -0.3 is 5.32 Å². The quantitative estimate of drug-likeness (QED) is 0.811. The van der Waals surface area contributed by atoms with E-state index < -0.39 is 0 Å². The summed E-state index contributed by atoms with van der Waals surface area (Å²) in [6.07, 6.45) is 1.39. The molecule has 16 heavy (non-hydrogen) atoms. The van der Waals surface area contributed by atoms with Crippen molar-refractivity contribution in [3.05, 3.63) is 42.5 Å². The smallest absolute Gasteiger partial charge is 0.0346 e. The van der Waals surface area contributed by atoms with Crippen LogP contribution >= 0.6 is 0 Å². The van der Waals surface area contributed by atoms with E-state index in [1.165, 1.54) is 22.9 Å². The molecule has 0 radical (unpaired) electrons. The van der Waals surface area contributed by atoms with Crippen molar-refractivity contribution in [2.45, 2.75) is 13.3 Å². The Morgan fingerprint density at radius 1 is 1.12 bits per heavy atom. The summed E-state index contributed by atoms with van der Waals surface area (Å²) in [6.45, 7) is 3.45. The molecular weight excluding hydrogens is 194 g/mol. The Hall–Kier alpha value is -1.50. The first kappa shape index (κ1) is 9.71. The van der Waals surface area contributed by atoms with Crippen molar-refractivity contribution in [2.75, 3.05) is 11.9 Å². The molecule has 1 saturated carbocycles. The summed E-state index contributed by atoms with van der Waals surface area (Å²) in [6, 6.07) is 15.1. The van der Waals surface area contributed by atoms with Crippen LogP contribution in [0.3, 0.4) is 0 Å². The molecule has 82 valence electrons. The van der Waals surface area contributed by atoms with Crippen LogP contribution in [0.25, 0.3) is 10.8 Å². The van der Waals surface area contributed by atoms with Crippen LogP contribution < -0.4 is 5.32 Å². The molecule has 0 bridgehead atoms. The Balaban J connectivity index is 1.77. The van der Waals surface area contributed by atoms with Crippen LogP contribution in [0.15, 0.2) is 42.5 Å². The van der Waals surface area contributed by atoms with Gasteiger partial charge in [0.1, 0.15) is 0 Å². The molecule has 2 unspecified atom stereocenters. The van der Waals surface area contributed by atoms with Gasteiger partial charge in [0.25, 0.3) is 0 Å². The molecule has 1 nitrogen and oxygen atoms in total. The predicted molar refractivity (Wildman–Crippen MR) is 69.7 cm³/mol. The number of nitrogens with one attached hydrogen (secondary N) is 1. The van der Waals surface area contributed by atoms with E-state index in [1.807, 2.05) is 0 Å². The molecule has 1 N–H and O–H groups in total. The van der Waals surface area contributed by atoms with E-state index in [0.29, 0.717) is 0 Å². The van der Waals surface area contributed by atoms with Gasteiger partial charge in [-0.15, -0.1) is 0 Å². The Kier molecular flexibility index (Phi) is 2.32. The second-order valence-corrected chi connectivity index (χ2v) is 4.92. The van der Waals surface area contributed by atoms with Crippen molar-refractivity contribution < 1.29 is 0 Å². The van der Waals surface area contributed by atoms with Gasteiger partial charge in [-0.25, -0.2) is 0 Å². The number of benzene rings is 2. The fourth-order valence-corrected chi connectivity index (χ4v) is 2.23. The molecule has 1 heteroatoms. The highest BCUT2D eigenvalue weighted by atomic mass is 14.9. The maximum atomic E-state index is 3.53. The molecule has 0 spiro atoms. The number of fused-ring (bicyclic) bond motifs is 1. The maximum Gasteiger partial charge on any atom is 0.0346 e. The maximum absolute atomic E-state index is 3.53. The molecule has 1 aliphatic carbocycles. The van der Waals surface area contributed by atoms with E-state index >= 15 is 0 Å². The standard InChI is InChI=1S/C15H17N/c1-11-8-14(11)10-16-15-7-6-12-4-2-3-5-13(12)9-15/h2-7,9,11,14,16H,8,10H2,1H3. The highest BCUT2D eigenvalue weighted by Crippen LogP contribution is 2.37. The van der Waals surface area contributed by atoms with Gasteiger partial charge in [-0.3, -0.25) is 0 Å². The van der Waals surface area contributed by atoms with Gasteiger partial charge in [-0.05, 0) is 41.2 Å². The van der Waals surface area contributed by atoms with Crippen molar-refractivity contribution >= 4 is 16.5 Å². The third-order valence-electron chi connectivity index (χ3n) is 3.59. The van der Waals surface area contributed by atoms with Crippen LogP contribution in [0.4, 0.5) is 5.69 Å². The van der Waals surface area contributed by atoms with Gasteiger partial charge in [0.05, 0.1) is 0 Å². The topological polar surface area (TPSA) is 12.0 Å². The van der Waals surface area contributed by atoms with Crippen molar-refractivity contribution in [1.29, 1.82) is 0 Å². The summed E-state index contributed by atoms with van der Waals surface area (Å²) in [5, 5.41) is 6.16. The Bertz CT molecular complexity index is 504. The third kappa shape index (κ3) is 1.90. The van der Waals surface area contributed by atoms with E-state index in [9.17, 15) is 0 Å². The highest BCUT2D eigenvalue weighted by molar-refractivity contribution is 5.85. The first-order valence-corrected chi connectivity index (χ1v) is 6.05. The van der Waals surface area contributed by atoms with Crippen molar-refractivity contribution in [3.63, 3.8) is 0 Å². The number of anilines is 1. The number of hydrogen-bond acceptors (Lipinski definition) is 1. The first-order valence-electron chi connectivity index (χ1n) is 6.05. The molecule has 1 fully saturated rings. The third-order valence-corrected chi connectivity index (χ3v) is 3.59. The highest BCUT2D eigenvalue weighted by Gasteiger charge is 2.31. The summed E-state index contributed by atoms with van der Waals surface area (Å²) >= 11 is 0. The molecule has 2 atom stereocenters. The average Bonchev–Trinajstić information content (AvgIpc) is 3.03. The molecular formula is C15H17N. The Morgan fingerprint density at radius 3 is 2.62 bits per heavy atom. The van der Waals surface area contributed by atoms with E-state index in [1.54, 1.807) is 0 Å². The van der Waals surface area contributed by atoms with Gasteiger partial charge in [0, 0.05) is 12.2 Å². The van der Waals surface area contributed by atoms with Crippen molar-refractivity contribution in [2.24, 2.45) is 11.8 Å². The van der Waals surface area contributed by atoms with Gasteiger partial charge in [0.2, 0.25) is 0 Å². The first-order chi connectivity index (χ1) is 7.83. The minimum absolute atomic E-state index is 0.895. The zero-order chi connectivity index (χ0) is 11.0. The summed E-state index contributed by atoms with van der Waals surface area (Å²) in [5.41, 5.74) is 1.25. The summed E-state index contributed by atoms with van der Waals surface area (Å²) in [5.74, 6) is 1.82. The normalized spacial score (nSPS) is 23.3. The van der Waals surface area contributed by atoms with E-state index in [-0.39, 0.29) is 0 Å². The van der Waals surface area contributed by atoms with Gasteiger partial charge >= 0.3 is 0 Å². The Morgan fingerprint density at radius 2 is 1.88 bits per heavy atom. The number of hydrogen-bond donors (Lipinski definition) is 1. The molecule has 0 amide bonds. The van der Waals surface area contributed by atoms with Crippen LogP contribution in [-0.2, 0) is 0 Å². The second-order valence-electron chi connectivity index (χ2n) is 4.92. The number of rotatable bonds is 3. The molecule has 3 rings (SSSR count). The van der Waals surface area contributed by atoms with Crippen LogP contribution in [0.2, 0.25) is 0 Å². The lowest BCUT2D eigenvalue weighted by molar-refractivity contribution is 0.787. The zero-order valence-electron chi connectivity index (χ0n) is 9.61. The lowest BCUT2D eigenvalue weighted by Crippen LogP contribution is -2.03. The largest absolute Gasteiger partial charge is 0.385 e. The summed E-state index contributed by atoms with van der Waals surface area (Å²) < 4.78 is 0.